The summed E-state index contributed by atoms with van der Waals surface area (Å²) in [5, 5.41) is 4.11. The molecule has 1 aliphatic heterocycles. The molecule has 3 heterocycles. The minimum absolute atomic E-state index is 0.0278. The van der Waals surface area contributed by atoms with Gasteiger partial charge in [0.1, 0.15) is 0 Å². The van der Waals surface area contributed by atoms with Gasteiger partial charge >= 0.3 is 0 Å². The first kappa shape index (κ1) is 11.0. The number of amides is 1. The summed E-state index contributed by atoms with van der Waals surface area (Å²) < 4.78 is 2.54. The normalized spacial score (nSPS) is 20.5. The SMILES string of the molecule is O=C1CC(Cl)CN1c1nc2ccc(Br)cn2n1. The Bertz CT molecular complexity index is 599. The average molecular weight is 316 g/mol. The molecule has 7 heteroatoms. The maximum Gasteiger partial charge on any atom is 0.252 e. The Labute approximate surface area is 111 Å². The van der Waals surface area contributed by atoms with Gasteiger partial charge in [-0.1, -0.05) is 0 Å². The number of hydrogen-bond acceptors (Lipinski definition) is 3. The largest absolute Gasteiger partial charge is 0.278 e. The lowest BCUT2D eigenvalue weighted by Gasteiger charge is -2.09. The molecule has 2 aromatic heterocycles. The van der Waals surface area contributed by atoms with Gasteiger partial charge < -0.3 is 0 Å². The van der Waals surface area contributed by atoms with Gasteiger partial charge in [-0.3, -0.25) is 9.69 Å². The van der Waals surface area contributed by atoms with Crippen LogP contribution >= 0.6 is 27.5 Å². The van der Waals surface area contributed by atoms with Crippen LogP contribution in [0.4, 0.5) is 5.95 Å². The smallest absolute Gasteiger partial charge is 0.252 e. The zero-order valence-corrected chi connectivity index (χ0v) is 11.0. The molecule has 88 valence electrons. The number of rotatable bonds is 1. The Morgan fingerprint density at radius 2 is 2.29 bits per heavy atom. The minimum Gasteiger partial charge on any atom is -0.278 e. The third kappa shape index (κ3) is 1.91. The summed E-state index contributed by atoms with van der Waals surface area (Å²) >= 11 is 9.30. The summed E-state index contributed by atoms with van der Waals surface area (Å²) in [4.78, 5) is 17.5. The van der Waals surface area contributed by atoms with Gasteiger partial charge in [0.25, 0.3) is 5.95 Å². The van der Waals surface area contributed by atoms with E-state index in [1.807, 2.05) is 12.1 Å². The van der Waals surface area contributed by atoms with Crippen molar-refractivity contribution in [1.82, 2.24) is 14.6 Å². The number of nitrogens with zero attached hydrogens (tertiary/aromatic N) is 4. The van der Waals surface area contributed by atoms with Crippen molar-refractivity contribution in [2.45, 2.75) is 11.8 Å². The van der Waals surface area contributed by atoms with E-state index in [0.29, 0.717) is 24.6 Å². The van der Waals surface area contributed by atoms with Gasteiger partial charge in [-0.05, 0) is 28.1 Å². The van der Waals surface area contributed by atoms with Gasteiger partial charge in [0, 0.05) is 23.6 Å². The minimum atomic E-state index is -0.152. The zero-order valence-electron chi connectivity index (χ0n) is 8.68. The van der Waals surface area contributed by atoms with E-state index in [2.05, 4.69) is 26.0 Å². The molecular formula is C10H8BrClN4O. The van der Waals surface area contributed by atoms with Gasteiger partial charge in [0.15, 0.2) is 5.65 Å². The first-order chi connectivity index (χ1) is 8.13. The summed E-state index contributed by atoms with van der Waals surface area (Å²) in [5.74, 6) is 0.385. The summed E-state index contributed by atoms with van der Waals surface area (Å²) in [5.41, 5.74) is 0.703. The van der Waals surface area contributed by atoms with Crippen LogP contribution in [0.3, 0.4) is 0 Å². The van der Waals surface area contributed by atoms with Crippen LogP contribution in [0.15, 0.2) is 22.8 Å². The molecule has 0 bridgehead atoms. The van der Waals surface area contributed by atoms with Crippen molar-refractivity contribution in [1.29, 1.82) is 0 Å². The van der Waals surface area contributed by atoms with Crippen molar-refractivity contribution in [2.24, 2.45) is 0 Å². The molecule has 1 atom stereocenters. The summed E-state index contributed by atoms with van der Waals surface area (Å²) in [6.45, 7) is 0.471. The predicted octanol–water partition coefficient (Wildman–Crippen LogP) is 1.84. The number of hydrogen-bond donors (Lipinski definition) is 0. The van der Waals surface area contributed by atoms with Gasteiger partial charge in [-0.15, -0.1) is 16.7 Å². The molecule has 1 unspecified atom stereocenters. The van der Waals surface area contributed by atoms with Gasteiger partial charge in [-0.25, -0.2) is 4.52 Å². The van der Waals surface area contributed by atoms with Crippen molar-refractivity contribution >= 4 is 45.0 Å². The Balaban J connectivity index is 2.03. The molecule has 0 spiro atoms. The molecule has 1 amide bonds. The standard InChI is InChI=1S/C10H8BrClN4O/c11-6-1-2-8-13-10(14-16(8)4-6)15-5-7(12)3-9(15)17/h1-2,4,7H,3,5H2. The van der Waals surface area contributed by atoms with E-state index in [1.54, 1.807) is 10.7 Å². The fourth-order valence-corrected chi connectivity index (χ4v) is 2.41. The molecule has 2 aromatic rings. The molecule has 1 fully saturated rings. The highest BCUT2D eigenvalue weighted by Gasteiger charge is 2.31. The van der Waals surface area contributed by atoms with Crippen molar-refractivity contribution in [3.8, 4) is 0 Å². The number of anilines is 1. The second-order valence-electron chi connectivity index (χ2n) is 3.87. The molecule has 0 saturated carbocycles. The first-order valence-corrected chi connectivity index (χ1v) is 6.33. The van der Waals surface area contributed by atoms with Crippen molar-refractivity contribution < 1.29 is 4.79 Å². The zero-order chi connectivity index (χ0) is 12.0. The van der Waals surface area contributed by atoms with Crippen LogP contribution in [-0.2, 0) is 4.79 Å². The second-order valence-corrected chi connectivity index (χ2v) is 5.40. The molecule has 3 rings (SSSR count). The number of pyridine rings is 1. The maximum absolute atomic E-state index is 11.7. The highest BCUT2D eigenvalue weighted by atomic mass is 79.9. The van der Waals surface area contributed by atoms with E-state index in [-0.39, 0.29) is 11.3 Å². The van der Waals surface area contributed by atoms with Crippen LogP contribution in [0, 0.1) is 0 Å². The summed E-state index contributed by atoms with van der Waals surface area (Å²) in [7, 11) is 0. The number of carbonyl (C=O) groups is 1. The molecular weight excluding hydrogens is 307 g/mol. The predicted molar refractivity (Wildman–Crippen MR) is 67.3 cm³/mol. The number of aromatic nitrogens is 3. The van der Waals surface area contributed by atoms with E-state index in [1.165, 1.54) is 4.90 Å². The number of fused-ring (bicyclic) bond motifs is 1. The fraction of sp³-hybridized carbons (Fsp3) is 0.300. The van der Waals surface area contributed by atoms with Gasteiger partial charge in [-0.2, -0.15) is 4.98 Å². The van der Waals surface area contributed by atoms with E-state index in [4.69, 9.17) is 11.6 Å². The monoisotopic (exact) mass is 314 g/mol. The van der Waals surface area contributed by atoms with Crippen LogP contribution in [0.1, 0.15) is 6.42 Å². The highest BCUT2D eigenvalue weighted by Crippen LogP contribution is 2.22. The fourth-order valence-electron chi connectivity index (χ4n) is 1.82. The first-order valence-electron chi connectivity index (χ1n) is 5.10. The third-order valence-corrected chi connectivity index (χ3v) is 3.36. The van der Waals surface area contributed by atoms with Crippen LogP contribution in [-0.4, -0.2) is 32.4 Å². The van der Waals surface area contributed by atoms with Gasteiger partial charge in [0.2, 0.25) is 5.91 Å². The average Bonchev–Trinajstić information content (AvgIpc) is 2.80. The Kier molecular flexibility index (Phi) is 2.56. The van der Waals surface area contributed by atoms with Crippen LogP contribution in [0.2, 0.25) is 0 Å². The summed E-state index contributed by atoms with van der Waals surface area (Å²) in [6, 6.07) is 3.71. The maximum atomic E-state index is 11.7. The molecule has 5 nitrogen and oxygen atoms in total. The van der Waals surface area contributed by atoms with Crippen molar-refractivity contribution in [3.05, 3.63) is 22.8 Å². The Morgan fingerprint density at radius 3 is 3.00 bits per heavy atom. The van der Waals surface area contributed by atoms with Crippen LogP contribution in [0.5, 0.6) is 0 Å². The molecule has 0 radical (unpaired) electrons. The molecule has 1 saturated heterocycles. The quantitative estimate of drug-likeness (QED) is 0.755. The molecule has 0 aromatic carbocycles. The highest BCUT2D eigenvalue weighted by molar-refractivity contribution is 9.10. The van der Waals surface area contributed by atoms with E-state index in [0.717, 1.165) is 4.47 Å². The third-order valence-electron chi connectivity index (χ3n) is 2.60. The van der Waals surface area contributed by atoms with Gasteiger partial charge in [0.05, 0.1) is 5.38 Å². The lowest BCUT2D eigenvalue weighted by Crippen LogP contribution is -2.25. The lowest BCUT2D eigenvalue weighted by molar-refractivity contribution is -0.117. The topological polar surface area (TPSA) is 50.5 Å². The number of alkyl halides is 1. The number of carbonyl (C=O) groups excluding carboxylic acids is 1. The molecule has 17 heavy (non-hydrogen) atoms. The molecule has 1 aliphatic rings. The molecule has 0 aliphatic carbocycles. The van der Waals surface area contributed by atoms with Crippen LogP contribution in [0.25, 0.3) is 5.65 Å². The van der Waals surface area contributed by atoms with E-state index >= 15 is 0 Å². The van der Waals surface area contributed by atoms with Crippen molar-refractivity contribution in [3.63, 3.8) is 0 Å². The van der Waals surface area contributed by atoms with Crippen LogP contribution < -0.4 is 4.90 Å². The Morgan fingerprint density at radius 1 is 1.47 bits per heavy atom. The Hall–Kier alpha value is -1.14. The lowest BCUT2D eigenvalue weighted by atomic mass is 10.4. The summed E-state index contributed by atoms with van der Waals surface area (Å²) in [6.07, 6.45) is 2.14. The molecule has 0 N–H and O–H groups in total. The van der Waals surface area contributed by atoms with E-state index < -0.39 is 0 Å². The van der Waals surface area contributed by atoms with E-state index in [9.17, 15) is 4.79 Å². The second kappa shape index (κ2) is 3.96. The van der Waals surface area contributed by atoms with Crippen molar-refractivity contribution in [2.75, 3.05) is 11.4 Å². The number of halogens is 2.